The second kappa shape index (κ2) is 4.79. The molecule has 0 aliphatic rings. The summed E-state index contributed by atoms with van der Waals surface area (Å²) in [6.45, 7) is 5.44. The predicted molar refractivity (Wildman–Crippen MR) is 42.6 cm³/mol. The molecule has 0 atom stereocenters. The van der Waals surface area contributed by atoms with Gasteiger partial charge in [0.25, 0.3) is 0 Å². The summed E-state index contributed by atoms with van der Waals surface area (Å²) in [5, 5.41) is 2.55. The number of carbonyl (C=O) groups is 1. The van der Waals surface area contributed by atoms with Crippen LogP contribution in [0.15, 0.2) is 24.3 Å². The van der Waals surface area contributed by atoms with Gasteiger partial charge in [-0.1, -0.05) is 25.7 Å². The van der Waals surface area contributed by atoms with E-state index in [-0.39, 0.29) is 5.91 Å². The molecule has 0 aromatic rings. The molecule has 0 aromatic heterocycles. The Kier molecular flexibility index (Phi) is 4.29. The molecule has 0 saturated carbocycles. The van der Waals surface area contributed by atoms with E-state index in [4.69, 9.17) is 0 Å². The van der Waals surface area contributed by atoms with Crippen LogP contribution in [0.5, 0.6) is 0 Å². The van der Waals surface area contributed by atoms with Gasteiger partial charge in [-0.2, -0.15) is 0 Å². The van der Waals surface area contributed by atoms with Crippen LogP contribution >= 0.6 is 0 Å². The smallest absolute Gasteiger partial charge is 0.246 e. The van der Waals surface area contributed by atoms with E-state index in [1.807, 2.05) is 6.92 Å². The quantitative estimate of drug-likeness (QED) is 0.463. The van der Waals surface area contributed by atoms with Crippen LogP contribution in [0.25, 0.3) is 0 Å². The van der Waals surface area contributed by atoms with Gasteiger partial charge in [0.2, 0.25) is 5.91 Å². The van der Waals surface area contributed by atoms with E-state index in [0.29, 0.717) is 0 Å². The lowest BCUT2D eigenvalue weighted by Gasteiger charge is -1.99. The fraction of sp³-hybridized carbons (Fsp3) is 0.375. The van der Waals surface area contributed by atoms with Crippen LogP contribution in [0, 0.1) is 0 Å². The second-order valence-corrected chi connectivity index (χ2v) is 1.86. The third kappa shape index (κ3) is 2.49. The van der Waals surface area contributed by atoms with Crippen LogP contribution in [0.1, 0.15) is 13.3 Å². The van der Waals surface area contributed by atoms with E-state index in [9.17, 15) is 4.79 Å². The summed E-state index contributed by atoms with van der Waals surface area (Å²) in [5.74, 6) is -0.0256. The SMILES string of the molecule is C=C/C=C(\CC)C(=O)NC. The topological polar surface area (TPSA) is 29.1 Å². The maximum Gasteiger partial charge on any atom is 0.246 e. The van der Waals surface area contributed by atoms with Gasteiger partial charge >= 0.3 is 0 Å². The minimum atomic E-state index is -0.0256. The number of amides is 1. The normalized spacial score (nSPS) is 10.8. The Morgan fingerprint density at radius 3 is 2.60 bits per heavy atom. The van der Waals surface area contributed by atoms with Gasteiger partial charge in [0.15, 0.2) is 0 Å². The van der Waals surface area contributed by atoms with Crippen molar-refractivity contribution in [1.29, 1.82) is 0 Å². The van der Waals surface area contributed by atoms with E-state index in [1.165, 1.54) is 0 Å². The third-order valence-electron chi connectivity index (χ3n) is 1.22. The second-order valence-electron chi connectivity index (χ2n) is 1.86. The molecule has 1 N–H and O–H groups in total. The van der Waals surface area contributed by atoms with Gasteiger partial charge in [0.1, 0.15) is 0 Å². The summed E-state index contributed by atoms with van der Waals surface area (Å²) in [4.78, 5) is 10.9. The average Bonchev–Trinajstić information content (AvgIpc) is 1.99. The van der Waals surface area contributed by atoms with Gasteiger partial charge in [-0.15, -0.1) is 0 Å². The van der Waals surface area contributed by atoms with Crippen LogP contribution in [0.4, 0.5) is 0 Å². The molecule has 1 amide bonds. The average molecular weight is 139 g/mol. The first-order valence-electron chi connectivity index (χ1n) is 3.30. The third-order valence-corrected chi connectivity index (χ3v) is 1.22. The fourth-order valence-corrected chi connectivity index (χ4v) is 0.657. The van der Waals surface area contributed by atoms with Crippen molar-refractivity contribution >= 4 is 5.91 Å². The van der Waals surface area contributed by atoms with E-state index >= 15 is 0 Å². The maximum absolute atomic E-state index is 10.9. The van der Waals surface area contributed by atoms with Crippen LogP contribution in [0.3, 0.4) is 0 Å². The number of allylic oxidation sites excluding steroid dienone is 2. The highest BCUT2D eigenvalue weighted by Crippen LogP contribution is 1.99. The first kappa shape index (κ1) is 8.95. The Labute approximate surface area is 61.6 Å². The predicted octanol–water partition coefficient (Wildman–Crippen LogP) is 1.25. The van der Waals surface area contributed by atoms with Crippen molar-refractivity contribution in [2.75, 3.05) is 7.05 Å². The highest BCUT2D eigenvalue weighted by molar-refractivity contribution is 5.93. The van der Waals surface area contributed by atoms with Crippen molar-refractivity contribution in [3.8, 4) is 0 Å². The van der Waals surface area contributed by atoms with Crippen molar-refractivity contribution in [2.45, 2.75) is 13.3 Å². The highest BCUT2D eigenvalue weighted by Gasteiger charge is 2.01. The lowest BCUT2D eigenvalue weighted by molar-refractivity contribution is -0.117. The fourth-order valence-electron chi connectivity index (χ4n) is 0.657. The number of nitrogens with one attached hydrogen (secondary N) is 1. The Morgan fingerprint density at radius 2 is 2.30 bits per heavy atom. The van der Waals surface area contributed by atoms with Gasteiger partial charge in [0, 0.05) is 12.6 Å². The first-order chi connectivity index (χ1) is 4.76. The minimum absolute atomic E-state index is 0.0256. The molecule has 0 aromatic carbocycles. The zero-order valence-corrected chi connectivity index (χ0v) is 6.48. The molecule has 2 heteroatoms. The number of hydrogen-bond acceptors (Lipinski definition) is 1. The number of carbonyl (C=O) groups excluding carboxylic acids is 1. The van der Waals surface area contributed by atoms with Crippen LogP contribution in [-0.2, 0) is 4.79 Å². The van der Waals surface area contributed by atoms with Crippen LogP contribution < -0.4 is 5.32 Å². The first-order valence-corrected chi connectivity index (χ1v) is 3.30. The molecule has 0 bridgehead atoms. The molecule has 10 heavy (non-hydrogen) atoms. The minimum Gasteiger partial charge on any atom is -0.355 e. The van der Waals surface area contributed by atoms with E-state index < -0.39 is 0 Å². The summed E-state index contributed by atoms with van der Waals surface area (Å²) in [7, 11) is 1.62. The van der Waals surface area contributed by atoms with Gasteiger partial charge in [-0.05, 0) is 6.42 Å². The lowest BCUT2D eigenvalue weighted by Crippen LogP contribution is -2.19. The van der Waals surface area contributed by atoms with Crippen molar-refractivity contribution in [1.82, 2.24) is 5.32 Å². The maximum atomic E-state index is 10.9. The summed E-state index contributed by atoms with van der Waals surface area (Å²) < 4.78 is 0. The summed E-state index contributed by atoms with van der Waals surface area (Å²) in [5.41, 5.74) is 0.762. The van der Waals surface area contributed by atoms with E-state index in [0.717, 1.165) is 12.0 Å². The highest BCUT2D eigenvalue weighted by atomic mass is 16.1. The van der Waals surface area contributed by atoms with Crippen molar-refractivity contribution < 1.29 is 4.79 Å². The molecule has 0 fully saturated rings. The van der Waals surface area contributed by atoms with Crippen molar-refractivity contribution in [3.63, 3.8) is 0 Å². The number of hydrogen-bond donors (Lipinski definition) is 1. The molecular formula is C8H13NO. The molecule has 0 spiro atoms. The molecule has 56 valence electrons. The Morgan fingerprint density at radius 1 is 1.70 bits per heavy atom. The number of likely N-dealkylation sites (N-methyl/N-ethyl adjacent to an activating group) is 1. The molecule has 0 saturated heterocycles. The van der Waals surface area contributed by atoms with Crippen molar-refractivity contribution in [2.24, 2.45) is 0 Å². The van der Waals surface area contributed by atoms with Crippen LogP contribution in [-0.4, -0.2) is 13.0 Å². The van der Waals surface area contributed by atoms with Crippen molar-refractivity contribution in [3.05, 3.63) is 24.3 Å². The van der Waals surface area contributed by atoms with Gasteiger partial charge in [-0.25, -0.2) is 0 Å². The zero-order valence-electron chi connectivity index (χ0n) is 6.48. The summed E-state index contributed by atoms with van der Waals surface area (Å²) >= 11 is 0. The van der Waals surface area contributed by atoms with E-state index in [1.54, 1.807) is 19.2 Å². The summed E-state index contributed by atoms with van der Waals surface area (Å²) in [6.07, 6.45) is 4.08. The molecule has 0 radical (unpaired) electrons. The summed E-state index contributed by atoms with van der Waals surface area (Å²) in [6, 6.07) is 0. The molecule has 0 aliphatic carbocycles. The molecule has 0 unspecified atom stereocenters. The monoisotopic (exact) mass is 139 g/mol. The van der Waals surface area contributed by atoms with Crippen LogP contribution in [0.2, 0.25) is 0 Å². The standard InChI is InChI=1S/C8H13NO/c1-4-6-7(5-2)8(10)9-3/h4,6H,1,5H2,2-3H3,(H,9,10)/b7-6+. The van der Waals surface area contributed by atoms with Gasteiger partial charge < -0.3 is 5.32 Å². The van der Waals surface area contributed by atoms with Gasteiger partial charge in [-0.3, -0.25) is 4.79 Å². The van der Waals surface area contributed by atoms with E-state index in [2.05, 4.69) is 11.9 Å². The Hall–Kier alpha value is -1.05. The Balaban J connectivity index is 4.19. The van der Waals surface area contributed by atoms with Gasteiger partial charge in [0.05, 0.1) is 0 Å². The molecule has 0 aliphatic heterocycles. The lowest BCUT2D eigenvalue weighted by atomic mass is 10.2. The Bertz CT molecular complexity index is 159. The molecular weight excluding hydrogens is 126 g/mol. The zero-order chi connectivity index (χ0) is 7.98. The largest absolute Gasteiger partial charge is 0.355 e. The molecule has 0 rings (SSSR count). The number of rotatable bonds is 3. The molecule has 2 nitrogen and oxygen atoms in total. The molecule has 0 heterocycles.